The molecule has 1 aromatic heterocycles. The van der Waals surface area contributed by atoms with Gasteiger partial charge in [-0.05, 0) is 62.4 Å². The molecular formula is C15H21NS. The summed E-state index contributed by atoms with van der Waals surface area (Å²) in [5, 5.41) is 5.98. The van der Waals surface area contributed by atoms with Crippen LogP contribution in [0.4, 0.5) is 0 Å². The molecule has 1 saturated carbocycles. The molecule has 1 heterocycles. The zero-order valence-electron chi connectivity index (χ0n) is 10.3. The molecule has 0 saturated heterocycles. The van der Waals surface area contributed by atoms with Crippen molar-refractivity contribution >= 4 is 11.3 Å². The monoisotopic (exact) mass is 247 g/mol. The molecule has 1 N–H and O–H groups in total. The quantitative estimate of drug-likeness (QED) is 0.739. The van der Waals surface area contributed by atoms with Gasteiger partial charge in [-0.3, -0.25) is 0 Å². The van der Waals surface area contributed by atoms with Gasteiger partial charge in [-0.1, -0.05) is 17.7 Å². The molecule has 3 rings (SSSR count). The van der Waals surface area contributed by atoms with Gasteiger partial charge in [0.1, 0.15) is 0 Å². The Labute approximate surface area is 108 Å². The molecule has 1 atom stereocenters. The first-order chi connectivity index (χ1) is 8.43. The molecule has 0 spiro atoms. The maximum absolute atomic E-state index is 3.78. The second-order valence-electron chi connectivity index (χ2n) is 5.29. The molecule has 0 amide bonds. The third kappa shape index (κ3) is 2.99. The summed E-state index contributed by atoms with van der Waals surface area (Å²) in [7, 11) is 0. The molecular weight excluding hydrogens is 226 g/mol. The lowest BCUT2D eigenvalue weighted by Gasteiger charge is -2.17. The van der Waals surface area contributed by atoms with Gasteiger partial charge >= 0.3 is 0 Å². The second-order valence-corrected chi connectivity index (χ2v) is 6.27. The highest BCUT2D eigenvalue weighted by Gasteiger charge is 2.32. The minimum Gasteiger partial charge on any atom is -0.309 e. The van der Waals surface area contributed by atoms with E-state index < -0.39 is 0 Å². The van der Waals surface area contributed by atoms with Gasteiger partial charge in [0.25, 0.3) is 0 Å². The van der Waals surface area contributed by atoms with E-state index in [4.69, 9.17) is 0 Å². The molecule has 1 aromatic rings. The molecule has 0 bridgehead atoms. The zero-order valence-corrected chi connectivity index (χ0v) is 11.1. The van der Waals surface area contributed by atoms with Crippen molar-refractivity contribution in [1.82, 2.24) is 5.32 Å². The topological polar surface area (TPSA) is 12.0 Å². The number of allylic oxidation sites excluding steroid dienone is 1. The second kappa shape index (κ2) is 5.36. The molecule has 0 radical (unpaired) electrons. The molecule has 1 unspecified atom stereocenters. The maximum atomic E-state index is 3.78. The fourth-order valence-corrected chi connectivity index (χ4v) is 3.64. The summed E-state index contributed by atoms with van der Waals surface area (Å²) in [6.45, 7) is 1.16. The summed E-state index contributed by atoms with van der Waals surface area (Å²) in [5.41, 5.74) is 1.68. The third-order valence-corrected chi connectivity index (χ3v) is 4.84. The number of thiophene rings is 1. The molecule has 17 heavy (non-hydrogen) atoms. The van der Waals surface area contributed by atoms with Crippen LogP contribution < -0.4 is 5.32 Å². The first kappa shape index (κ1) is 11.5. The highest BCUT2D eigenvalue weighted by atomic mass is 32.1. The summed E-state index contributed by atoms with van der Waals surface area (Å²) in [4.78, 5) is 1.54. The molecule has 2 aliphatic carbocycles. The van der Waals surface area contributed by atoms with E-state index >= 15 is 0 Å². The van der Waals surface area contributed by atoms with Gasteiger partial charge in [-0.25, -0.2) is 0 Å². The van der Waals surface area contributed by atoms with E-state index in [9.17, 15) is 0 Å². The molecule has 2 aliphatic rings. The summed E-state index contributed by atoms with van der Waals surface area (Å²) >= 11 is 1.90. The molecule has 1 nitrogen and oxygen atoms in total. The normalized spacial score (nSPS) is 21.5. The van der Waals surface area contributed by atoms with E-state index in [0.717, 1.165) is 12.5 Å². The van der Waals surface area contributed by atoms with Crippen LogP contribution in [0.2, 0.25) is 0 Å². The van der Waals surface area contributed by atoms with Crippen LogP contribution in [0.1, 0.15) is 49.4 Å². The van der Waals surface area contributed by atoms with Crippen molar-refractivity contribution in [2.45, 2.75) is 44.6 Å². The zero-order chi connectivity index (χ0) is 11.5. The lowest BCUT2D eigenvalue weighted by Crippen LogP contribution is -2.23. The smallest absolute Gasteiger partial charge is 0.0443 e. The Hall–Kier alpha value is -0.600. The van der Waals surface area contributed by atoms with Gasteiger partial charge in [0.2, 0.25) is 0 Å². The molecule has 1 fully saturated rings. The molecule has 2 heteroatoms. The number of rotatable bonds is 6. The lowest BCUT2D eigenvalue weighted by atomic mass is 10.1. The Balaban J connectivity index is 1.51. The Morgan fingerprint density at radius 3 is 3.00 bits per heavy atom. The predicted molar refractivity (Wildman–Crippen MR) is 74.3 cm³/mol. The van der Waals surface area contributed by atoms with E-state index in [1.165, 1.54) is 43.4 Å². The number of nitrogens with one attached hydrogen (secondary N) is 1. The van der Waals surface area contributed by atoms with Crippen molar-refractivity contribution in [3.63, 3.8) is 0 Å². The molecule has 0 aromatic carbocycles. The fourth-order valence-electron chi connectivity index (χ4n) is 2.75. The molecule has 0 aliphatic heterocycles. The summed E-state index contributed by atoms with van der Waals surface area (Å²) in [6, 6.07) is 5.10. The standard InChI is InChI=1S/C15H21NS/c1-2-5-12(4-1)9-10-16-15(13-7-8-13)14-6-3-11-17-14/h3-4,6,11,13,15-16H,1-2,5,7-10H2. The van der Waals surface area contributed by atoms with E-state index in [0.29, 0.717) is 6.04 Å². The van der Waals surface area contributed by atoms with E-state index in [1.54, 1.807) is 5.57 Å². The van der Waals surface area contributed by atoms with Gasteiger partial charge in [-0.2, -0.15) is 0 Å². The Morgan fingerprint density at radius 2 is 2.35 bits per heavy atom. The molecule has 92 valence electrons. The Bertz CT molecular complexity index is 376. The van der Waals surface area contributed by atoms with Crippen LogP contribution >= 0.6 is 11.3 Å². The van der Waals surface area contributed by atoms with Gasteiger partial charge in [0.05, 0.1) is 0 Å². The highest BCUT2D eigenvalue weighted by molar-refractivity contribution is 7.10. The van der Waals surface area contributed by atoms with Crippen LogP contribution in [0.5, 0.6) is 0 Å². The van der Waals surface area contributed by atoms with Crippen molar-refractivity contribution in [3.05, 3.63) is 34.0 Å². The van der Waals surface area contributed by atoms with E-state index in [1.807, 2.05) is 11.3 Å². The largest absolute Gasteiger partial charge is 0.309 e. The first-order valence-electron chi connectivity index (χ1n) is 6.88. The van der Waals surface area contributed by atoms with Crippen LogP contribution in [0.25, 0.3) is 0 Å². The van der Waals surface area contributed by atoms with Crippen LogP contribution in [0.3, 0.4) is 0 Å². The van der Waals surface area contributed by atoms with Gasteiger partial charge in [0.15, 0.2) is 0 Å². The van der Waals surface area contributed by atoms with Gasteiger partial charge in [0, 0.05) is 10.9 Å². The van der Waals surface area contributed by atoms with Crippen LogP contribution in [-0.4, -0.2) is 6.54 Å². The van der Waals surface area contributed by atoms with Crippen molar-refractivity contribution in [3.8, 4) is 0 Å². The highest BCUT2D eigenvalue weighted by Crippen LogP contribution is 2.42. The van der Waals surface area contributed by atoms with Crippen molar-refractivity contribution in [1.29, 1.82) is 0 Å². The van der Waals surface area contributed by atoms with Crippen molar-refractivity contribution in [2.24, 2.45) is 5.92 Å². The summed E-state index contributed by atoms with van der Waals surface area (Å²) in [6.07, 6.45) is 10.6. The minimum atomic E-state index is 0.636. The third-order valence-electron chi connectivity index (χ3n) is 3.89. The SMILES string of the molecule is C1=C(CCNC(c2cccs2)C2CC2)CCC1. The minimum absolute atomic E-state index is 0.636. The first-order valence-corrected chi connectivity index (χ1v) is 7.76. The van der Waals surface area contributed by atoms with Gasteiger partial charge in [-0.15, -0.1) is 11.3 Å². The van der Waals surface area contributed by atoms with Gasteiger partial charge < -0.3 is 5.32 Å². The van der Waals surface area contributed by atoms with Crippen molar-refractivity contribution < 1.29 is 0 Å². The van der Waals surface area contributed by atoms with Crippen LogP contribution in [-0.2, 0) is 0 Å². The Morgan fingerprint density at radius 1 is 1.41 bits per heavy atom. The van der Waals surface area contributed by atoms with Crippen molar-refractivity contribution in [2.75, 3.05) is 6.54 Å². The lowest BCUT2D eigenvalue weighted by molar-refractivity contribution is 0.490. The number of hydrogen-bond donors (Lipinski definition) is 1. The summed E-state index contributed by atoms with van der Waals surface area (Å²) < 4.78 is 0. The predicted octanol–water partition coefficient (Wildman–Crippen LogP) is 4.29. The fraction of sp³-hybridized carbons (Fsp3) is 0.600. The number of hydrogen-bond acceptors (Lipinski definition) is 2. The maximum Gasteiger partial charge on any atom is 0.0443 e. The summed E-state index contributed by atoms with van der Waals surface area (Å²) in [5.74, 6) is 0.909. The average Bonchev–Trinajstić information content (AvgIpc) is 2.84. The average molecular weight is 247 g/mol. The van der Waals surface area contributed by atoms with Crippen LogP contribution in [0, 0.1) is 5.92 Å². The van der Waals surface area contributed by atoms with Crippen LogP contribution in [0.15, 0.2) is 29.2 Å². The van der Waals surface area contributed by atoms with E-state index in [-0.39, 0.29) is 0 Å². The van der Waals surface area contributed by atoms with E-state index in [2.05, 4.69) is 28.9 Å². The Kier molecular flexibility index (Phi) is 3.62.